The first kappa shape index (κ1) is 15.6. The first-order valence-corrected chi connectivity index (χ1v) is 7.71. The zero-order valence-corrected chi connectivity index (χ0v) is 13.7. The van der Waals surface area contributed by atoms with Crippen LogP contribution in [0.3, 0.4) is 0 Å². The molecule has 0 radical (unpaired) electrons. The topological polar surface area (TPSA) is 70.4 Å². The molecule has 2 heterocycles. The van der Waals surface area contributed by atoms with Crippen molar-refractivity contribution in [1.82, 2.24) is 14.9 Å². The van der Waals surface area contributed by atoms with Gasteiger partial charge in [-0.3, -0.25) is 10.1 Å². The second-order valence-electron chi connectivity index (χ2n) is 6.26. The number of benzene rings is 1. The Morgan fingerprint density at radius 3 is 2.91 bits per heavy atom. The minimum absolute atomic E-state index is 0.472. The number of carboxylic acid groups (broad SMARTS) is 1. The zero-order valence-electron chi connectivity index (χ0n) is 13.7. The number of nitrogens with one attached hydrogen (secondary N) is 1. The summed E-state index contributed by atoms with van der Waals surface area (Å²) in [5, 5.41) is 12.2. The fourth-order valence-corrected chi connectivity index (χ4v) is 3.14. The van der Waals surface area contributed by atoms with Gasteiger partial charge in [0.1, 0.15) is 6.04 Å². The van der Waals surface area contributed by atoms with E-state index in [0.29, 0.717) is 19.5 Å². The van der Waals surface area contributed by atoms with Gasteiger partial charge in [0, 0.05) is 45.0 Å². The standard InChI is InChI=1S/C17H22N4O2/c1-11-6-12(4-5-15(11)20(2)3)9-21-10-19-14-8-18-13(17(22)23)7-16(14)21/h4-6,10,13,18H,7-9H2,1-3H3,(H,22,23). The lowest BCUT2D eigenvalue weighted by Gasteiger charge is -2.22. The molecule has 0 bridgehead atoms. The van der Waals surface area contributed by atoms with Crippen LogP contribution in [0.1, 0.15) is 22.5 Å². The summed E-state index contributed by atoms with van der Waals surface area (Å²) < 4.78 is 2.07. The van der Waals surface area contributed by atoms with Crippen molar-refractivity contribution >= 4 is 11.7 Å². The van der Waals surface area contributed by atoms with E-state index in [1.807, 2.05) is 20.4 Å². The molecule has 1 aromatic carbocycles. The molecular formula is C17H22N4O2. The van der Waals surface area contributed by atoms with E-state index in [1.54, 1.807) is 0 Å². The van der Waals surface area contributed by atoms with Crippen molar-refractivity contribution < 1.29 is 9.90 Å². The lowest BCUT2D eigenvalue weighted by molar-refractivity contribution is -0.139. The number of imidazole rings is 1. The van der Waals surface area contributed by atoms with Crippen molar-refractivity contribution in [3.8, 4) is 0 Å². The predicted molar refractivity (Wildman–Crippen MR) is 88.8 cm³/mol. The highest BCUT2D eigenvalue weighted by Gasteiger charge is 2.26. The molecule has 0 spiro atoms. The molecule has 3 rings (SSSR count). The molecule has 1 aliphatic rings. The molecule has 0 amide bonds. The van der Waals surface area contributed by atoms with E-state index in [9.17, 15) is 9.90 Å². The van der Waals surface area contributed by atoms with E-state index in [2.05, 4.69) is 44.9 Å². The largest absolute Gasteiger partial charge is 0.480 e. The monoisotopic (exact) mass is 314 g/mol. The third-order valence-electron chi connectivity index (χ3n) is 4.34. The van der Waals surface area contributed by atoms with Gasteiger partial charge >= 0.3 is 5.97 Å². The van der Waals surface area contributed by atoms with Crippen LogP contribution >= 0.6 is 0 Å². The lowest BCUT2D eigenvalue weighted by Crippen LogP contribution is -2.42. The SMILES string of the molecule is Cc1cc(Cn2cnc3c2CC(C(=O)O)NC3)ccc1N(C)C. The molecule has 0 saturated carbocycles. The van der Waals surface area contributed by atoms with Crippen LogP contribution in [0.5, 0.6) is 0 Å². The average molecular weight is 314 g/mol. The Kier molecular flexibility index (Phi) is 4.09. The Balaban J connectivity index is 1.83. The van der Waals surface area contributed by atoms with Gasteiger partial charge in [0.05, 0.1) is 12.0 Å². The van der Waals surface area contributed by atoms with Crippen LogP contribution in [-0.2, 0) is 24.3 Å². The van der Waals surface area contributed by atoms with Gasteiger partial charge in [0.2, 0.25) is 0 Å². The molecular weight excluding hydrogens is 292 g/mol. The highest BCUT2D eigenvalue weighted by molar-refractivity contribution is 5.74. The average Bonchev–Trinajstić information content (AvgIpc) is 2.89. The van der Waals surface area contributed by atoms with Gasteiger partial charge in [-0.2, -0.15) is 0 Å². The van der Waals surface area contributed by atoms with Gasteiger partial charge in [0.25, 0.3) is 0 Å². The summed E-state index contributed by atoms with van der Waals surface area (Å²) in [5.74, 6) is -0.811. The van der Waals surface area contributed by atoms with E-state index in [1.165, 1.54) is 16.8 Å². The van der Waals surface area contributed by atoms with Gasteiger partial charge < -0.3 is 14.6 Å². The van der Waals surface area contributed by atoms with E-state index < -0.39 is 12.0 Å². The summed E-state index contributed by atoms with van der Waals surface area (Å²) in [6, 6.07) is 5.88. The van der Waals surface area contributed by atoms with Crippen LogP contribution in [0.15, 0.2) is 24.5 Å². The third-order valence-corrected chi connectivity index (χ3v) is 4.34. The number of anilines is 1. The molecule has 1 unspecified atom stereocenters. The number of hydrogen-bond donors (Lipinski definition) is 2. The molecule has 6 nitrogen and oxygen atoms in total. The van der Waals surface area contributed by atoms with Gasteiger partial charge in [-0.25, -0.2) is 4.98 Å². The quantitative estimate of drug-likeness (QED) is 0.893. The maximum absolute atomic E-state index is 11.2. The summed E-state index contributed by atoms with van der Waals surface area (Å²) in [7, 11) is 4.07. The van der Waals surface area contributed by atoms with Gasteiger partial charge in [0.15, 0.2) is 0 Å². The van der Waals surface area contributed by atoms with Crippen molar-refractivity contribution in [2.45, 2.75) is 32.5 Å². The highest BCUT2D eigenvalue weighted by atomic mass is 16.4. The van der Waals surface area contributed by atoms with E-state index in [4.69, 9.17) is 0 Å². The molecule has 1 aromatic heterocycles. The van der Waals surface area contributed by atoms with Crippen LogP contribution < -0.4 is 10.2 Å². The maximum atomic E-state index is 11.2. The second-order valence-corrected chi connectivity index (χ2v) is 6.26. The molecule has 1 atom stereocenters. The Morgan fingerprint density at radius 2 is 2.26 bits per heavy atom. The number of aromatic nitrogens is 2. The third kappa shape index (κ3) is 3.07. The zero-order chi connectivity index (χ0) is 16.6. The summed E-state index contributed by atoms with van der Waals surface area (Å²) in [6.45, 7) is 3.33. The Hall–Kier alpha value is -2.34. The number of carboxylic acids is 1. The number of carbonyl (C=O) groups is 1. The van der Waals surface area contributed by atoms with Crippen molar-refractivity contribution in [2.24, 2.45) is 0 Å². The molecule has 0 fully saturated rings. The molecule has 0 saturated heterocycles. The number of hydrogen-bond acceptors (Lipinski definition) is 4. The number of aliphatic carboxylic acids is 1. The van der Waals surface area contributed by atoms with Crippen LogP contribution in [0.4, 0.5) is 5.69 Å². The number of nitrogens with zero attached hydrogens (tertiary/aromatic N) is 3. The molecule has 2 aromatic rings. The van der Waals surface area contributed by atoms with Crippen LogP contribution in [0.2, 0.25) is 0 Å². The van der Waals surface area contributed by atoms with Crippen molar-refractivity contribution in [1.29, 1.82) is 0 Å². The molecule has 0 aliphatic carbocycles. The molecule has 6 heteroatoms. The fraction of sp³-hybridized carbons (Fsp3) is 0.412. The van der Waals surface area contributed by atoms with Gasteiger partial charge in [-0.05, 0) is 24.1 Å². The van der Waals surface area contributed by atoms with Crippen LogP contribution in [0.25, 0.3) is 0 Å². The van der Waals surface area contributed by atoms with E-state index in [0.717, 1.165) is 11.4 Å². The lowest BCUT2D eigenvalue weighted by atomic mass is 10.0. The Labute approximate surface area is 135 Å². The maximum Gasteiger partial charge on any atom is 0.321 e. The fourth-order valence-electron chi connectivity index (χ4n) is 3.14. The van der Waals surface area contributed by atoms with Crippen LogP contribution in [-0.4, -0.2) is 40.8 Å². The molecule has 2 N–H and O–H groups in total. The van der Waals surface area contributed by atoms with Gasteiger partial charge in [-0.15, -0.1) is 0 Å². The summed E-state index contributed by atoms with van der Waals surface area (Å²) in [6.07, 6.45) is 2.28. The second kappa shape index (κ2) is 6.04. The minimum atomic E-state index is -0.811. The summed E-state index contributed by atoms with van der Waals surface area (Å²) in [4.78, 5) is 17.7. The predicted octanol–water partition coefficient (Wildman–Crippen LogP) is 1.40. The summed E-state index contributed by atoms with van der Waals surface area (Å²) in [5.41, 5.74) is 5.59. The molecule has 122 valence electrons. The Bertz CT molecular complexity index is 736. The molecule has 1 aliphatic heterocycles. The summed E-state index contributed by atoms with van der Waals surface area (Å²) >= 11 is 0. The normalized spacial score (nSPS) is 16.9. The number of rotatable bonds is 4. The van der Waals surface area contributed by atoms with E-state index >= 15 is 0 Å². The smallest absolute Gasteiger partial charge is 0.321 e. The van der Waals surface area contributed by atoms with E-state index in [-0.39, 0.29) is 0 Å². The van der Waals surface area contributed by atoms with Crippen molar-refractivity contribution in [3.05, 3.63) is 47.0 Å². The Morgan fingerprint density at radius 1 is 1.48 bits per heavy atom. The number of aryl methyl sites for hydroxylation is 1. The minimum Gasteiger partial charge on any atom is -0.480 e. The number of fused-ring (bicyclic) bond motifs is 1. The van der Waals surface area contributed by atoms with Crippen molar-refractivity contribution in [3.63, 3.8) is 0 Å². The molecule has 23 heavy (non-hydrogen) atoms. The van der Waals surface area contributed by atoms with Crippen LogP contribution in [0, 0.1) is 6.92 Å². The van der Waals surface area contributed by atoms with Gasteiger partial charge in [-0.1, -0.05) is 12.1 Å². The highest BCUT2D eigenvalue weighted by Crippen LogP contribution is 2.21. The van der Waals surface area contributed by atoms with Crippen molar-refractivity contribution in [2.75, 3.05) is 19.0 Å². The first-order valence-electron chi connectivity index (χ1n) is 7.71. The first-order chi connectivity index (χ1) is 11.0.